The van der Waals surface area contributed by atoms with Gasteiger partial charge >= 0.3 is 6.09 Å². The van der Waals surface area contributed by atoms with E-state index in [1.54, 1.807) is 24.3 Å². The second-order valence-corrected chi connectivity index (χ2v) is 9.95. The van der Waals surface area contributed by atoms with Gasteiger partial charge in [0.05, 0.1) is 28.9 Å². The Morgan fingerprint density at radius 2 is 1.95 bits per heavy atom. The number of hydrogen-bond acceptors (Lipinski definition) is 7. The van der Waals surface area contributed by atoms with E-state index in [9.17, 15) is 19.6 Å². The van der Waals surface area contributed by atoms with Crippen molar-refractivity contribution in [2.24, 2.45) is 0 Å². The van der Waals surface area contributed by atoms with E-state index in [0.717, 1.165) is 19.5 Å². The molecule has 0 bridgehead atoms. The largest absolute Gasteiger partial charge is 0.465 e. The summed E-state index contributed by atoms with van der Waals surface area (Å²) in [4.78, 5) is 30.5. The van der Waals surface area contributed by atoms with E-state index in [-0.39, 0.29) is 35.7 Å². The average Bonchev–Trinajstić information content (AvgIpc) is 2.90. The Kier molecular flexibility index (Phi) is 6.27. The van der Waals surface area contributed by atoms with Gasteiger partial charge in [-0.05, 0) is 17.9 Å². The van der Waals surface area contributed by atoms with Gasteiger partial charge in [-0.3, -0.25) is 4.98 Å². The first-order valence-corrected chi connectivity index (χ1v) is 12.8. The van der Waals surface area contributed by atoms with Crippen LogP contribution in [-0.2, 0) is 0 Å². The zero-order valence-electron chi connectivity index (χ0n) is 20.6. The molecule has 4 aromatic rings. The molecule has 2 aliphatic heterocycles. The molecule has 1 N–H and O–H groups in total. The molecule has 2 aromatic carbocycles. The van der Waals surface area contributed by atoms with Crippen molar-refractivity contribution < 1.29 is 18.7 Å². The summed E-state index contributed by atoms with van der Waals surface area (Å²) in [5.41, 5.74) is 0.373. The van der Waals surface area contributed by atoms with Crippen molar-refractivity contribution >= 4 is 51.1 Å². The second-order valence-electron chi connectivity index (χ2n) is 9.57. The topological polar surface area (TPSA) is 109 Å². The van der Waals surface area contributed by atoms with E-state index in [2.05, 4.69) is 16.0 Å². The molecule has 4 heterocycles. The molecule has 2 aliphatic rings. The monoisotopic (exact) mass is 549 g/mol. The van der Waals surface area contributed by atoms with E-state index >= 15 is 4.39 Å². The third-order valence-electron chi connectivity index (χ3n) is 7.34. The minimum absolute atomic E-state index is 0.0138. The number of piperazine rings is 1. The van der Waals surface area contributed by atoms with Crippen LogP contribution in [0.25, 0.3) is 32.9 Å². The zero-order valence-corrected chi connectivity index (χ0v) is 21.4. The number of nitrogens with zero attached hydrogens (tertiary/aromatic N) is 7. The first-order chi connectivity index (χ1) is 18.9. The number of anilines is 2. The van der Waals surface area contributed by atoms with Gasteiger partial charge in [0.25, 0.3) is 0 Å². The smallest absolute Gasteiger partial charge is 0.407 e. The molecule has 2 fully saturated rings. The van der Waals surface area contributed by atoms with Crippen molar-refractivity contribution in [2.75, 3.05) is 42.5 Å². The standard InChI is InChI=1S/C27H22ClF2N7O2/c28-21-19(29)6-5-15-3-1-4-17(20(15)21)23-22(30)24-18(13-32-23)25(34-26(33-24)35-9-2-10-35)36-11-12-37(27(38)39)16(14-36)7-8-31/h1,3-6,13,16H,2,7,9-12,14H2,(H,38,39)/t16-/m0/s1. The van der Waals surface area contributed by atoms with Crippen LogP contribution in [0.1, 0.15) is 12.8 Å². The quantitative estimate of drug-likeness (QED) is 0.376. The van der Waals surface area contributed by atoms with Crippen molar-refractivity contribution in [2.45, 2.75) is 18.9 Å². The SMILES string of the molecule is N#CC[C@H]1CN(c2nc(N3CCC3)nc3c(F)c(-c4cccc5ccc(F)c(Cl)c45)ncc23)CCN1C(=O)O. The fourth-order valence-corrected chi connectivity index (χ4v) is 5.48. The summed E-state index contributed by atoms with van der Waals surface area (Å²) in [6, 6.07) is 9.46. The van der Waals surface area contributed by atoms with Crippen LogP contribution < -0.4 is 9.80 Å². The molecule has 1 atom stereocenters. The molecular formula is C27H22ClF2N7O2. The van der Waals surface area contributed by atoms with E-state index < -0.39 is 23.8 Å². The molecule has 39 heavy (non-hydrogen) atoms. The van der Waals surface area contributed by atoms with Gasteiger partial charge in [0.1, 0.15) is 22.8 Å². The Balaban J connectivity index is 1.52. The maximum absolute atomic E-state index is 16.3. The molecule has 12 heteroatoms. The molecule has 198 valence electrons. The summed E-state index contributed by atoms with van der Waals surface area (Å²) < 4.78 is 30.7. The Hall–Kier alpha value is -4.30. The first kappa shape index (κ1) is 25.0. The molecule has 2 aromatic heterocycles. The van der Waals surface area contributed by atoms with Crippen LogP contribution in [0.3, 0.4) is 0 Å². The number of halogens is 3. The van der Waals surface area contributed by atoms with Gasteiger partial charge in [-0.1, -0.05) is 35.9 Å². The molecule has 9 nitrogen and oxygen atoms in total. The van der Waals surface area contributed by atoms with E-state index in [1.807, 2.05) is 9.80 Å². The summed E-state index contributed by atoms with van der Waals surface area (Å²) in [6.07, 6.45) is 1.37. The van der Waals surface area contributed by atoms with Crippen LogP contribution in [0.15, 0.2) is 36.5 Å². The van der Waals surface area contributed by atoms with E-state index in [0.29, 0.717) is 40.0 Å². The van der Waals surface area contributed by atoms with Gasteiger partial charge in [0.2, 0.25) is 5.95 Å². The van der Waals surface area contributed by atoms with E-state index in [1.165, 1.54) is 17.2 Å². The molecule has 1 amide bonds. The summed E-state index contributed by atoms with van der Waals surface area (Å²) in [5.74, 6) is -0.521. The summed E-state index contributed by atoms with van der Waals surface area (Å²) in [5, 5.41) is 20.1. The third-order valence-corrected chi connectivity index (χ3v) is 7.71. The van der Waals surface area contributed by atoms with Crippen molar-refractivity contribution in [1.29, 1.82) is 5.26 Å². The highest BCUT2D eigenvalue weighted by Crippen LogP contribution is 2.38. The molecule has 0 radical (unpaired) electrons. The van der Waals surface area contributed by atoms with Crippen molar-refractivity contribution in [1.82, 2.24) is 19.9 Å². The fraction of sp³-hybridized carbons (Fsp3) is 0.296. The molecule has 0 spiro atoms. The molecule has 0 unspecified atom stereocenters. The second kappa shape index (κ2) is 9.78. The summed E-state index contributed by atoms with van der Waals surface area (Å²) in [6.45, 7) is 2.15. The van der Waals surface area contributed by atoms with Gasteiger partial charge in [-0.15, -0.1) is 0 Å². The molecule has 0 aliphatic carbocycles. The Morgan fingerprint density at radius 3 is 2.67 bits per heavy atom. The van der Waals surface area contributed by atoms with Gasteiger partial charge in [-0.2, -0.15) is 10.2 Å². The highest BCUT2D eigenvalue weighted by atomic mass is 35.5. The molecule has 0 saturated carbocycles. The molecule has 6 rings (SSSR count). The normalized spacial score (nSPS) is 17.4. The van der Waals surface area contributed by atoms with E-state index in [4.69, 9.17) is 16.6 Å². The van der Waals surface area contributed by atoms with Crippen LogP contribution >= 0.6 is 11.6 Å². The number of aromatic nitrogens is 3. The summed E-state index contributed by atoms with van der Waals surface area (Å²) >= 11 is 6.31. The number of fused-ring (bicyclic) bond motifs is 2. The van der Waals surface area contributed by atoms with Crippen molar-refractivity contribution in [3.8, 4) is 17.3 Å². The minimum atomic E-state index is -1.09. The highest BCUT2D eigenvalue weighted by molar-refractivity contribution is 6.36. The number of nitriles is 1. The lowest BCUT2D eigenvalue weighted by molar-refractivity contribution is 0.119. The number of amides is 1. The van der Waals surface area contributed by atoms with Gasteiger partial charge < -0.3 is 19.8 Å². The lowest BCUT2D eigenvalue weighted by atomic mass is 10.0. The number of benzene rings is 2. The van der Waals surface area contributed by atoms with Crippen molar-refractivity contribution in [3.63, 3.8) is 0 Å². The van der Waals surface area contributed by atoms with Gasteiger partial charge in [0.15, 0.2) is 5.82 Å². The lowest BCUT2D eigenvalue weighted by Crippen LogP contribution is -2.55. The number of hydrogen-bond donors (Lipinski definition) is 1. The Labute approximate surface area is 226 Å². The van der Waals surface area contributed by atoms with Crippen molar-refractivity contribution in [3.05, 3.63) is 53.2 Å². The zero-order chi connectivity index (χ0) is 27.3. The predicted octanol–water partition coefficient (Wildman–Crippen LogP) is 5.07. The minimum Gasteiger partial charge on any atom is -0.465 e. The number of carbonyl (C=O) groups is 1. The molecule has 2 saturated heterocycles. The fourth-order valence-electron chi connectivity index (χ4n) is 5.20. The van der Waals surface area contributed by atoms with Crippen LogP contribution in [0.4, 0.5) is 25.3 Å². The third kappa shape index (κ3) is 4.21. The first-order valence-electron chi connectivity index (χ1n) is 12.5. The Morgan fingerprint density at radius 1 is 1.13 bits per heavy atom. The highest BCUT2D eigenvalue weighted by Gasteiger charge is 2.33. The summed E-state index contributed by atoms with van der Waals surface area (Å²) in [7, 11) is 0. The maximum Gasteiger partial charge on any atom is 0.407 e. The van der Waals surface area contributed by atoms with Gasteiger partial charge in [-0.25, -0.2) is 18.6 Å². The van der Waals surface area contributed by atoms with Crippen LogP contribution in [0, 0.1) is 23.0 Å². The van der Waals surface area contributed by atoms with Gasteiger partial charge in [0, 0.05) is 49.9 Å². The van der Waals surface area contributed by atoms with Crippen LogP contribution in [0.2, 0.25) is 5.02 Å². The maximum atomic E-state index is 16.3. The number of carboxylic acid groups (broad SMARTS) is 1. The lowest BCUT2D eigenvalue weighted by Gasteiger charge is -2.40. The van der Waals surface area contributed by atoms with Crippen LogP contribution in [0.5, 0.6) is 0 Å². The Bertz CT molecular complexity index is 1670. The predicted molar refractivity (Wildman–Crippen MR) is 143 cm³/mol. The van der Waals surface area contributed by atoms with Crippen LogP contribution in [-0.4, -0.2) is 69.8 Å². The average molecular weight is 550 g/mol. The number of pyridine rings is 1. The molecular weight excluding hydrogens is 528 g/mol. The number of rotatable bonds is 4.